The highest BCUT2D eigenvalue weighted by Crippen LogP contribution is 2.22. The van der Waals surface area contributed by atoms with E-state index in [0.717, 1.165) is 17.3 Å². The molecular weight excluding hydrogens is 320 g/mol. The average molecular weight is 336 g/mol. The van der Waals surface area contributed by atoms with Gasteiger partial charge in [0.1, 0.15) is 18.4 Å². The van der Waals surface area contributed by atoms with E-state index in [9.17, 15) is 14.9 Å². The fraction of sp³-hybridized carbons (Fsp3) is 0.111. The van der Waals surface area contributed by atoms with Gasteiger partial charge in [-0.25, -0.2) is 0 Å². The third kappa shape index (κ3) is 3.72. The monoisotopic (exact) mass is 336 g/mol. The number of hydrogen-bond donors (Lipinski definition) is 1. The Morgan fingerprint density at radius 2 is 1.76 bits per heavy atom. The lowest BCUT2D eigenvalue weighted by Gasteiger charge is -2.12. The van der Waals surface area contributed by atoms with Crippen molar-refractivity contribution in [1.29, 1.82) is 0 Å². The summed E-state index contributed by atoms with van der Waals surface area (Å²) in [7, 11) is 0. The zero-order chi connectivity index (χ0) is 17.8. The van der Waals surface area contributed by atoms with Crippen LogP contribution in [0.3, 0.4) is 0 Å². The first-order valence-electron chi connectivity index (χ1n) is 7.69. The van der Waals surface area contributed by atoms with Crippen molar-refractivity contribution < 1.29 is 9.72 Å². The van der Waals surface area contributed by atoms with Gasteiger partial charge in [-0.2, -0.15) is 5.10 Å². The van der Waals surface area contributed by atoms with Crippen molar-refractivity contribution in [3.8, 4) is 11.1 Å². The number of amides is 1. The minimum absolute atomic E-state index is 0.146. The van der Waals surface area contributed by atoms with Crippen molar-refractivity contribution in [3.05, 3.63) is 77.1 Å². The molecule has 0 saturated carbocycles. The minimum atomic E-state index is -0.664. The molecule has 0 bridgehead atoms. The number of benzene rings is 2. The summed E-state index contributed by atoms with van der Waals surface area (Å²) in [5.41, 5.74) is 2.65. The quantitative estimate of drug-likeness (QED) is 0.569. The molecule has 0 radical (unpaired) electrons. The zero-order valence-electron chi connectivity index (χ0n) is 13.5. The fourth-order valence-corrected chi connectivity index (χ4v) is 2.38. The van der Waals surface area contributed by atoms with Crippen LogP contribution in [0.15, 0.2) is 67.0 Å². The summed E-state index contributed by atoms with van der Waals surface area (Å²) in [5, 5.41) is 17.4. The lowest BCUT2D eigenvalue weighted by molar-refractivity contribution is -0.385. The van der Waals surface area contributed by atoms with E-state index < -0.39 is 11.0 Å². The molecule has 0 fully saturated rings. The molecule has 1 atom stereocenters. The summed E-state index contributed by atoms with van der Waals surface area (Å²) in [4.78, 5) is 22.5. The van der Waals surface area contributed by atoms with E-state index in [2.05, 4.69) is 10.4 Å². The van der Waals surface area contributed by atoms with Crippen molar-refractivity contribution in [1.82, 2.24) is 9.78 Å². The molecule has 0 aliphatic heterocycles. The van der Waals surface area contributed by atoms with Gasteiger partial charge in [-0.1, -0.05) is 42.5 Å². The van der Waals surface area contributed by atoms with Crippen molar-refractivity contribution in [3.63, 3.8) is 0 Å². The maximum Gasteiger partial charge on any atom is 0.307 e. The van der Waals surface area contributed by atoms with Crippen molar-refractivity contribution in [2.24, 2.45) is 0 Å². The van der Waals surface area contributed by atoms with Gasteiger partial charge in [-0.05, 0) is 30.2 Å². The Balaban J connectivity index is 1.69. The summed E-state index contributed by atoms with van der Waals surface area (Å²) in [5.74, 6) is -0.301. The molecule has 1 amide bonds. The Morgan fingerprint density at radius 1 is 1.12 bits per heavy atom. The van der Waals surface area contributed by atoms with Gasteiger partial charge < -0.3 is 5.32 Å². The Bertz CT molecular complexity index is 888. The number of aromatic nitrogens is 2. The first-order valence-corrected chi connectivity index (χ1v) is 7.69. The number of nitrogens with one attached hydrogen (secondary N) is 1. The second kappa shape index (κ2) is 6.96. The molecule has 7 nitrogen and oxygen atoms in total. The molecule has 1 N–H and O–H groups in total. The highest BCUT2D eigenvalue weighted by Gasteiger charge is 2.19. The number of carbonyl (C=O) groups excluding carboxylic acids is 1. The maximum atomic E-state index is 12.3. The molecular formula is C18H16N4O3. The summed E-state index contributed by atoms with van der Waals surface area (Å²) >= 11 is 0. The normalized spacial score (nSPS) is 11.7. The first-order chi connectivity index (χ1) is 12.0. The van der Waals surface area contributed by atoms with Crippen molar-refractivity contribution in [2.45, 2.75) is 13.0 Å². The Kier molecular flexibility index (Phi) is 4.56. The van der Waals surface area contributed by atoms with E-state index in [4.69, 9.17) is 0 Å². The summed E-state index contributed by atoms with van der Waals surface area (Å²) in [6.07, 6.45) is 2.36. The molecule has 126 valence electrons. The number of carbonyl (C=O) groups is 1. The van der Waals surface area contributed by atoms with Gasteiger partial charge in [0.2, 0.25) is 5.91 Å². The third-order valence-electron chi connectivity index (χ3n) is 3.83. The van der Waals surface area contributed by atoms with Crippen LogP contribution in [0.5, 0.6) is 0 Å². The molecule has 1 unspecified atom stereocenters. The minimum Gasteiger partial charge on any atom is -0.324 e. The lowest BCUT2D eigenvalue weighted by atomic mass is 10.1. The molecule has 3 rings (SSSR count). The van der Waals surface area contributed by atoms with Gasteiger partial charge in [0.15, 0.2) is 0 Å². The van der Waals surface area contributed by atoms with Gasteiger partial charge in [0, 0.05) is 5.69 Å². The van der Waals surface area contributed by atoms with Crippen molar-refractivity contribution in [2.75, 3.05) is 5.32 Å². The molecule has 25 heavy (non-hydrogen) atoms. The second-order valence-electron chi connectivity index (χ2n) is 5.54. The fourth-order valence-electron chi connectivity index (χ4n) is 2.38. The van der Waals surface area contributed by atoms with Crippen LogP contribution in [-0.4, -0.2) is 20.6 Å². The Labute approximate surface area is 144 Å². The molecule has 3 aromatic rings. The predicted molar refractivity (Wildman–Crippen MR) is 94.1 cm³/mol. The molecule has 0 aliphatic carbocycles. The molecule has 1 heterocycles. The van der Waals surface area contributed by atoms with E-state index in [1.54, 1.807) is 6.92 Å². The second-order valence-corrected chi connectivity index (χ2v) is 5.54. The summed E-state index contributed by atoms with van der Waals surface area (Å²) < 4.78 is 1.27. The van der Waals surface area contributed by atoms with Gasteiger partial charge in [0.05, 0.1) is 4.92 Å². The van der Waals surface area contributed by atoms with Gasteiger partial charge in [-0.15, -0.1) is 0 Å². The SMILES string of the molecule is CC(C(=O)Nc1ccc(-c2ccccc2)cc1)n1cc([N+](=O)[O-])cn1. The Morgan fingerprint density at radius 3 is 2.36 bits per heavy atom. The maximum absolute atomic E-state index is 12.3. The van der Waals surface area contributed by atoms with E-state index in [1.165, 1.54) is 10.9 Å². The number of rotatable bonds is 5. The lowest BCUT2D eigenvalue weighted by Crippen LogP contribution is -2.23. The predicted octanol–water partition coefficient (Wildman–Crippen LogP) is 3.66. The largest absolute Gasteiger partial charge is 0.324 e. The first kappa shape index (κ1) is 16.4. The van der Waals surface area contributed by atoms with E-state index in [0.29, 0.717) is 5.69 Å². The van der Waals surface area contributed by atoms with Crippen LogP contribution in [0.1, 0.15) is 13.0 Å². The van der Waals surface area contributed by atoms with Crippen molar-refractivity contribution >= 4 is 17.3 Å². The third-order valence-corrected chi connectivity index (χ3v) is 3.83. The number of anilines is 1. The van der Waals surface area contributed by atoms with Gasteiger partial charge in [0.25, 0.3) is 0 Å². The standard InChI is InChI=1S/C18H16N4O3/c1-13(21-12-17(11-19-21)22(24)25)18(23)20-16-9-7-15(8-10-16)14-5-3-2-4-6-14/h2-13H,1H3,(H,20,23). The van der Waals surface area contributed by atoms with Crippen LogP contribution in [0.4, 0.5) is 11.4 Å². The Hall–Kier alpha value is -3.48. The topological polar surface area (TPSA) is 90.1 Å². The molecule has 2 aromatic carbocycles. The molecule has 7 heteroatoms. The summed E-state index contributed by atoms with van der Waals surface area (Å²) in [6, 6.07) is 16.7. The van der Waals surface area contributed by atoms with E-state index >= 15 is 0 Å². The van der Waals surface area contributed by atoms with Crippen LogP contribution in [0, 0.1) is 10.1 Å². The van der Waals surface area contributed by atoms with E-state index in [1.807, 2.05) is 54.6 Å². The van der Waals surface area contributed by atoms with Crippen LogP contribution in [0.2, 0.25) is 0 Å². The number of hydrogen-bond acceptors (Lipinski definition) is 4. The van der Waals surface area contributed by atoms with Crippen LogP contribution < -0.4 is 5.32 Å². The molecule has 1 aromatic heterocycles. The average Bonchev–Trinajstić information content (AvgIpc) is 3.13. The molecule has 0 spiro atoms. The smallest absolute Gasteiger partial charge is 0.307 e. The van der Waals surface area contributed by atoms with Crippen LogP contribution in [0.25, 0.3) is 11.1 Å². The van der Waals surface area contributed by atoms with Crippen LogP contribution in [-0.2, 0) is 4.79 Å². The summed E-state index contributed by atoms with van der Waals surface area (Å²) in [6.45, 7) is 1.63. The van der Waals surface area contributed by atoms with Gasteiger partial charge in [-0.3, -0.25) is 19.6 Å². The molecule has 0 aliphatic rings. The highest BCUT2D eigenvalue weighted by molar-refractivity contribution is 5.93. The molecule has 0 saturated heterocycles. The zero-order valence-corrected chi connectivity index (χ0v) is 13.5. The van der Waals surface area contributed by atoms with Gasteiger partial charge >= 0.3 is 5.69 Å². The highest BCUT2D eigenvalue weighted by atomic mass is 16.6. The van der Waals surface area contributed by atoms with Crippen LogP contribution >= 0.6 is 0 Å². The number of nitro groups is 1. The number of nitrogens with zero attached hydrogens (tertiary/aromatic N) is 3. The van der Waals surface area contributed by atoms with E-state index in [-0.39, 0.29) is 11.6 Å².